The maximum atomic E-state index is 12.2. The van der Waals surface area contributed by atoms with Crippen molar-refractivity contribution in [1.82, 2.24) is 5.43 Å². The molecule has 0 fully saturated rings. The van der Waals surface area contributed by atoms with Crippen molar-refractivity contribution >= 4 is 35.5 Å². The van der Waals surface area contributed by atoms with E-state index in [2.05, 4.69) is 50.4 Å². The summed E-state index contributed by atoms with van der Waals surface area (Å²) in [6.07, 6.45) is 1.91. The van der Waals surface area contributed by atoms with E-state index in [1.165, 1.54) is 5.56 Å². The summed E-state index contributed by atoms with van der Waals surface area (Å²) in [6, 6.07) is 13.8. The third-order valence-corrected chi connectivity index (χ3v) is 5.09. The number of hydrazone groups is 1. The second-order valence-corrected chi connectivity index (χ2v) is 8.77. The highest BCUT2D eigenvalue weighted by Crippen LogP contribution is 2.26. The Morgan fingerprint density at radius 2 is 1.88 bits per heavy atom. The molecule has 0 saturated heterocycles. The van der Waals surface area contributed by atoms with E-state index in [1.54, 1.807) is 18.0 Å². The number of carbonyl (C=O) groups excluding carboxylic acids is 1. The lowest BCUT2D eigenvalue weighted by Gasteiger charge is -2.18. The molecule has 0 aromatic heterocycles. The fourth-order valence-corrected chi connectivity index (χ4v) is 3.43. The van der Waals surface area contributed by atoms with E-state index in [9.17, 15) is 4.79 Å². The van der Waals surface area contributed by atoms with E-state index in [-0.39, 0.29) is 17.7 Å². The molecule has 2 rings (SSSR count). The van der Waals surface area contributed by atoms with Gasteiger partial charge in [-0.2, -0.15) is 5.10 Å². The van der Waals surface area contributed by atoms with Crippen LogP contribution in [0, 0.1) is 0 Å². The first-order chi connectivity index (χ1) is 12.3. The first-order valence-corrected chi connectivity index (χ1v) is 9.99. The molecule has 0 bridgehead atoms. The summed E-state index contributed by atoms with van der Waals surface area (Å²) in [7, 11) is 0. The van der Waals surface area contributed by atoms with Crippen LogP contribution in [-0.4, -0.2) is 17.9 Å². The zero-order chi connectivity index (χ0) is 19.2. The fraction of sp³-hybridized carbons (Fsp3) is 0.333. The van der Waals surface area contributed by atoms with Gasteiger partial charge in [-0.05, 0) is 46.1 Å². The Kier molecular flexibility index (Phi) is 7.30. The van der Waals surface area contributed by atoms with Crippen LogP contribution in [0.1, 0.15) is 44.4 Å². The molecule has 26 heavy (non-hydrogen) atoms. The van der Waals surface area contributed by atoms with Gasteiger partial charge >= 0.3 is 0 Å². The average molecular weight is 389 g/mol. The van der Waals surface area contributed by atoms with Crippen LogP contribution in [0.2, 0.25) is 5.02 Å². The van der Waals surface area contributed by atoms with Crippen LogP contribution in [0.25, 0.3) is 0 Å². The Morgan fingerprint density at radius 3 is 2.50 bits per heavy atom. The predicted octanol–water partition coefficient (Wildman–Crippen LogP) is 5.44. The second-order valence-electron chi connectivity index (χ2n) is 7.03. The quantitative estimate of drug-likeness (QED) is 0.406. The lowest BCUT2D eigenvalue weighted by molar-refractivity contribution is -0.120. The molecular weight excluding hydrogens is 364 g/mol. The van der Waals surface area contributed by atoms with Crippen LogP contribution >= 0.6 is 23.4 Å². The minimum absolute atomic E-state index is 0.120. The molecule has 0 heterocycles. The van der Waals surface area contributed by atoms with E-state index >= 15 is 0 Å². The third kappa shape index (κ3) is 6.19. The van der Waals surface area contributed by atoms with Gasteiger partial charge in [0.25, 0.3) is 0 Å². The Balaban J connectivity index is 1.96. The van der Waals surface area contributed by atoms with Crippen molar-refractivity contribution in [2.45, 2.75) is 44.4 Å². The van der Waals surface area contributed by atoms with Crippen molar-refractivity contribution in [2.75, 3.05) is 5.75 Å². The number of benzene rings is 2. The minimum atomic E-state index is -0.159. The highest BCUT2D eigenvalue weighted by molar-refractivity contribution is 7.99. The molecule has 0 aliphatic rings. The van der Waals surface area contributed by atoms with E-state index in [0.717, 1.165) is 21.8 Å². The monoisotopic (exact) mass is 388 g/mol. The number of carbonyl (C=O) groups is 1. The Hall–Kier alpha value is -1.78. The van der Waals surface area contributed by atoms with Gasteiger partial charge in [0.2, 0.25) is 5.91 Å². The van der Waals surface area contributed by atoms with Crippen molar-refractivity contribution in [2.24, 2.45) is 5.10 Å². The topological polar surface area (TPSA) is 41.5 Å². The zero-order valence-corrected chi connectivity index (χ0v) is 17.2. The Labute approximate surface area is 165 Å². The normalized spacial score (nSPS) is 11.7. The molecule has 1 amide bonds. The Bertz CT molecular complexity index is 780. The predicted molar refractivity (Wildman–Crippen MR) is 112 cm³/mol. The number of hydrogen-bond donors (Lipinski definition) is 1. The minimum Gasteiger partial charge on any atom is -0.273 e. The molecule has 2 aromatic carbocycles. The second kappa shape index (κ2) is 9.24. The molecule has 0 radical (unpaired) electrons. The van der Waals surface area contributed by atoms with Crippen LogP contribution in [0.5, 0.6) is 0 Å². The van der Waals surface area contributed by atoms with Crippen LogP contribution in [0.3, 0.4) is 0 Å². The van der Waals surface area contributed by atoms with Gasteiger partial charge in [-0.25, -0.2) is 5.43 Å². The molecule has 1 N–H and O–H groups in total. The van der Waals surface area contributed by atoms with E-state index in [1.807, 2.05) is 30.3 Å². The maximum Gasteiger partial charge on any atom is 0.244 e. The van der Waals surface area contributed by atoms with Gasteiger partial charge in [0.15, 0.2) is 0 Å². The van der Waals surface area contributed by atoms with E-state index in [0.29, 0.717) is 5.02 Å². The molecule has 0 aliphatic carbocycles. The molecule has 5 heteroatoms. The SMILES string of the molecule is CCSc1ccc(Cl)cc1CC(=O)N/N=C\c1ccc(C(C)(C)C)cc1. The summed E-state index contributed by atoms with van der Waals surface area (Å²) >= 11 is 7.76. The maximum absolute atomic E-state index is 12.2. The summed E-state index contributed by atoms with van der Waals surface area (Å²) in [5, 5.41) is 4.70. The molecule has 0 unspecified atom stereocenters. The molecule has 2 aromatic rings. The van der Waals surface area contributed by atoms with Crippen molar-refractivity contribution in [3.63, 3.8) is 0 Å². The molecular formula is C21H25ClN2OS. The summed E-state index contributed by atoms with van der Waals surface area (Å²) in [5.41, 5.74) is 5.85. The van der Waals surface area contributed by atoms with Gasteiger partial charge in [-0.1, -0.05) is 63.6 Å². The molecule has 3 nitrogen and oxygen atoms in total. The van der Waals surface area contributed by atoms with E-state index < -0.39 is 0 Å². The van der Waals surface area contributed by atoms with Gasteiger partial charge in [-0.3, -0.25) is 4.79 Å². The van der Waals surface area contributed by atoms with Crippen LogP contribution in [0.4, 0.5) is 0 Å². The zero-order valence-electron chi connectivity index (χ0n) is 15.7. The largest absolute Gasteiger partial charge is 0.273 e. The lowest BCUT2D eigenvalue weighted by Crippen LogP contribution is -2.20. The first-order valence-electron chi connectivity index (χ1n) is 8.63. The molecule has 0 aliphatic heterocycles. The molecule has 0 spiro atoms. The smallest absolute Gasteiger partial charge is 0.244 e. The van der Waals surface area contributed by atoms with Gasteiger partial charge in [-0.15, -0.1) is 11.8 Å². The van der Waals surface area contributed by atoms with Crippen LogP contribution in [0.15, 0.2) is 52.5 Å². The molecule has 0 saturated carbocycles. The van der Waals surface area contributed by atoms with Crippen LogP contribution in [-0.2, 0) is 16.6 Å². The van der Waals surface area contributed by atoms with Crippen molar-refractivity contribution in [1.29, 1.82) is 0 Å². The first kappa shape index (κ1) is 20.5. The summed E-state index contributed by atoms with van der Waals surface area (Å²) in [6.45, 7) is 8.62. The molecule has 0 atom stereocenters. The number of amides is 1. The third-order valence-electron chi connectivity index (χ3n) is 3.85. The van der Waals surface area contributed by atoms with Crippen LogP contribution < -0.4 is 5.43 Å². The number of hydrogen-bond acceptors (Lipinski definition) is 3. The standard InChI is InChI=1S/C21H25ClN2OS/c1-5-26-19-11-10-18(22)12-16(19)13-20(25)24-23-14-15-6-8-17(9-7-15)21(2,3)4/h6-12,14H,5,13H2,1-4H3,(H,24,25)/b23-14-. The number of thioether (sulfide) groups is 1. The number of rotatable bonds is 6. The van der Waals surface area contributed by atoms with Gasteiger partial charge in [0.1, 0.15) is 0 Å². The summed E-state index contributed by atoms with van der Waals surface area (Å²) < 4.78 is 0. The lowest BCUT2D eigenvalue weighted by atomic mass is 9.87. The van der Waals surface area contributed by atoms with Crippen molar-refractivity contribution in [3.8, 4) is 0 Å². The number of nitrogens with one attached hydrogen (secondary N) is 1. The summed E-state index contributed by atoms with van der Waals surface area (Å²) in [5.74, 6) is 0.784. The average Bonchev–Trinajstić information content (AvgIpc) is 2.57. The van der Waals surface area contributed by atoms with Crippen molar-refractivity contribution < 1.29 is 4.79 Å². The van der Waals surface area contributed by atoms with E-state index in [4.69, 9.17) is 11.6 Å². The highest BCUT2D eigenvalue weighted by Gasteiger charge is 2.12. The van der Waals surface area contributed by atoms with Gasteiger partial charge < -0.3 is 0 Å². The number of nitrogens with zero attached hydrogens (tertiary/aromatic N) is 1. The molecule has 138 valence electrons. The highest BCUT2D eigenvalue weighted by atomic mass is 35.5. The fourth-order valence-electron chi connectivity index (χ4n) is 2.44. The number of halogens is 1. The van der Waals surface area contributed by atoms with Crippen molar-refractivity contribution in [3.05, 3.63) is 64.2 Å². The summed E-state index contributed by atoms with van der Waals surface area (Å²) in [4.78, 5) is 13.3. The van der Waals surface area contributed by atoms with Gasteiger partial charge in [0.05, 0.1) is 12.6 Å². The Morgan fingerprint density at radius 1 is 1.19 bits per heavy atom. The van der Waals surface area contributed by atoms with Gasteiger partial charge in [0, 0.05) is 9.92 Å².